The molecule has 1 N–H and O–H groups in total. The van der Waals surface area contributed by atoms with Crippen LogP contribution in [0, 0.1) is 15.9 Å². The van der Waals surface area contributed by atoms with Gasteiger partial charge in [0.05, 0.1) is 11.5 Å². The van der Waals surface area contributed by atoms with Gasteiger partial charge in [0.2, 0.25) is 11.7 Å². The highest BCUT2D eigenvalue weighted by Crippen LogP contribution is 2.27. The minimum Gasteiger partial charge on any atom is -0.477 e. The first kappa shape index (κ1) is 20.8. The highest BCUT2D eigenvalue weighted by atomic mass is 19.1. The number of alkyl carbamates (subject to hydrolysis) is 1. The molecule has 0 aromatic heterocycles. The summed E-state index contributed by atoms with van der Waals surface area (Å²) < 4.78 is 22.8. The average molecular weight is 371 g/mol. The Morgan fingerprint density at radius 1 is 1.31 bits per heavy atom. The lowest BCUT2D eigenvalue weighted by Gasteiger charge is -2.20. The number of imide groups is 1. The first-order valence-electron chi connectivity index (χ1n) is 7.59. The zero-order valence-electron chi connectivity index (χ0n) is 14.2. The van der Waals surface area contributed by atoms with E-state index in [1.54, 1.807) is 13.8 Å². The van der Waals surface area contributed by atoms with E-state index in [1.165, 1.54) is 0 Å². The zero-order chi connectivity index (χ0) is 19.7. The van der Waals surface area contributed by atoms with Crippen LogP contribution in [0.4, 0.5) is 14.9 Å². The molecule has 0 heterocycles. The molecule has 3 amide bonds. The van der Waals surface area contributed by atoms with Gasteiger partial charge in [-0.2, -0.15) is 0 Å². The predicted molar refractivity (Wildman–Crippen MR) is 86.0 cm³/mol. The minimum atomic E-state index is -0.937. The predicted octanol–water partition coefficient (Wildman–Crippen LogP) is 1.23. The van der Waals surface area contributed by atoms with Crippen molar-refractivity contribution in [2.75, 3.05) is 26.3 Å². The summed E-state index contributed by atoms with van der Waals surface area (Å²) in [5, 5.41) is 12.8. The van der Waals surface area contributed by atoms with Gasteiger partial charge in [-0.05, 0) is 19.9 Å². The maximum absolute atomic E-state index is 13.2. The molecule has 0 saturated carbocycles. The molecule has 0 bridgehead atoms. The summed E-state index contributed by atoms with van der Waals surface area (Å²) in [6, 6.07) is 2.60. The third-order valence-corrected chi connectivity index (χ3v) is 3.06. The number of amides is 3. The van der Waals surface area contributed by atoms with E-state index in [4.69, 9.17) is 4.74 Å². The van der Waals surface area contributed by atoms with Crippen LogP contribution in [0.15, 0.2) is 18.2 Å². The van der Waals surface area contributed by atoms with Crippen LogP contribution in [0.3, 0.4) is 0 Å². The van der Waals surface area contributed by atoms with Gasteiger partial charge in [-0.1, -0.05) is 0 Å². The molecule has 1 aromatic rings. The molecule has 1 rings (SSSR count). The van der Waals surface area contributed by atoms with E-state index in [9.17, 15) is 28.9 Å². The van der Waals surface area contributed by atoms with Crippen molar-refractivity contribution in [3.05, 3.63) is 34.1 Å². The van der Waals surface area contributed by atoms with Crippen LogP contribution >= 0.6 is 0 Å². The Morgan fingerprint density at radius 2 is 2.00 bits per heavy atom. The molecule has 0 saturated heterocycles. The number of nitro benzene ring substituents is 1. The highest BCUT2D eigenvalue weighted by molar-refractivity contribution is 5.94. The van der Waals surface area contributed by atoms with Gasteiger partial charge in [0.1, 0.15) is 12.4 Å². The lowest BCUT2D eigenvalue weighted by atomic mass is 10.3. The second kappa shape index (κ2) is 9.91. The van der Waals surface area contributed by atoms with Crippen LogP contribution in [0.25, 0.3) is 0 Å². The average Bonchev–Trinajstić information content (AvgIpc) is 2.57. The fourth-order valence-corrected chi connectivity index (χ4v) is 1.86. The van der Waals surface area contributed by atoms with E-state index in [2.05, 4.69) is 4.74 Å². The van der Waals surface area contributed by atoms with E-state index < -0.39 is 53.2 Å². The van der Waals surface area contributed by atoms with Gasteiger partial charge in [-0.3, -0.25) is 25.0 Å². The summed E-state index contributed by atoms with van der Waals surface area (Å²) in [4.78, 5) is 46.1. The topological polar surface area (TPSA) is 128 Å². The molecule has 0 aliphatic heterocycles. The molecule has 0 aliphatic rings. The van der Waals surface area contributed by atoms with Crippen LogP contribution in [0.1, 0.15) is 13.8 Å². The lowest BCUT2D eigenvalue weighted by molar-refractivity contribution is -0.385. The van der Waals surface area contributed by atoms with Gasteiger partial charge in [0.15, 0.2) is 6.61 Å². The molecule has 0 radical (unpaired) electrons. The molecular formula is C15H18FN3O7. The van der Waals surface area contributed by atoms with Crippen molar-refractivity contribution in [2.24, 2.45) is 0 Å². The second-order valence-corrected chi connectivity index (χ2v) is 4.83. The van der Waals surface area contributed by atoms with E-state index in [0.717, 1.165) is 23.1 Å². The summed E-state index contributed by atoms with van der Waals surface area (Å²) in [7, 11) is 0. The minimum absolute atomic E-state index is 0.0792. The van der Waals surface area contributed by atoms with Gasteiger partial charge in [-0.25, -0.2) is 9.18 Å². The summed E-state index contributed by atoms with van der Waals surface area (Å²) in [5.41, 5.74) is -0.498. The first-order valence-corrected chi connectivity index (χ1v) is 7.59. The lowest BCUT2D eigenvalue weighted by Crippen LogP contribution is -2.44. The molecule has 11 heteroatoms. The number of carbonyl (C=O) groups excluding carboxylic acids is 3. The van der Waals surface area contributed by atoms with Crippen LogP contribution in [0.2, 0.25) is 0 Å². The smallest absolute Gasteiger partial charge is 0.413 e. The number of halogens is 1. The zero-order valence-corrected chi connectivity index (χ0v) is 14.2. The number of rotatable bonds is 8. The molecule has 142 valence electrons. The normalized spacial score (nSPS) is 9.96. The fourth-order valence-electron chi connectivity index (χ4n) is 1.86. The van der Waals surface area contributed by atoms with Gasteiger partial charge in [0.25, 0.3) is 5.91 Å². The van der Waals surface area contributed by atoms with Crippen molar-refractivity contribution in [3.8, 4) is 5.75 Å². The summed E-state index contributed by atoms with van der Waals surface area (Å²) >= 11 is 0. The molecule has 26 heavy (non-hydrogen) atoms. The van der Waals surface area contributed by atoms with Gasteiger partial charge < -0.3 is 14.4 Å². The van der Waals surface area contributed by atoms with E-state index in [0.29, 0.717) is 0 Å². The van der Waals surface area contributed by atoms with Crippen molar-refractivity contribution < 1.29 is 33.2 Å². The van der Waals surface area contributed by atoms with Crippen LogP contribution in [-0.4, -0.2) is 54.0 Å². The summed E-state index contributed by atoms with van der Waals surface area (Å²) in [6.07, 6.45) is -0.937. The second-order valence-electron chi connectivity index (χ2n) is 4.83. The highest BCUT2D eigenvalue weighted by Gasteiger charge is 2.21. The van der Waals surface area contributed by atoms with Crippen molar-refractivity contribution in [3.63, 3.8) is 0 Å². The molecule has 0 fully saturated rings. The molecule has 0 unspecified atom stereocenters. The maximum atomic E-state index is 13.2. The number of nitrogens with zero attached hydrogens (tertiary/aromatic N) is 2. The number of nitrogens with one attached hydrogen (secondary N) is 1. The molecule has 1 aromatic carbocycles. The Balaban J connectivity index is 2.68. The molecule has 0 spiro atoms. The number of likely N-dealkylation sites (N-methyl/N-ethyl adjacent to an activating group) is 1. The van der Waals surface area contributed by atoms with Gasteiger partial charge in [-0.15, -0.1) is 0 Å². The fraction of sp³-hybridized carbons (Fsp3) is 0.400. The third-order valence-electron chi connectivity index (χ3n) is 3.06. The maximum Gasteiger partial charge on any atom is 0.413 e. The summed E-state index contributed by atoms with van der Waals surface area (Å²) in [5.74, 6) is -2.62. The number of hydrogen-bond donors (Lipinski definition) is 1. The number of ether oxygens (including phenoxy) is 2. The Labute approximate surface area is 148 Å². The Hall–Kier alpha value is -3.24. The van der Waals surface area contributed by atoms with Gasteiger partial charge >= 0.3 is 11.8 Å². The Bertz CT molecular complexity index is 696. The Morgan fingerprint density at radius 3 is 2.58 bits per heavy atom. The van der Waals surface area contributed by atoms with E-state index in [1.807, 2.05) is 5.32 Å². The van der Waals surface area contributed by atoms with Crippen LogP contribution < -0.4 is 10.1 Å². The van der Waals surface area contributed by atoms with E-state index in [-0.39, 0.29) is 13.2 Å². The van der Waals surface area contributed by atoms with Crippen LogP contribution in [-0.2, 0) is 14.3 Å². The van der Waals surface area contributed by atoms with Gasteiger partial charge in [0, 0.05) is 18.7 Å². The quantitative estimate of drug-likeness (QED) is 0.538. The number of hydrogen-bond acceptors (Lipinski definition) is 7. The van der Waals surface area contributed by atoms with Crippen molar-refractivity contribution in [2.45, 2.75) is 13.8 Å². The number of carbonyl (C=O) groups is 3. The molecular weight excluding hydrogens is 353 g/mol. The van der Waals surface area contributed by atoms with Crippen molar-refractivity contribution in [1.82, 2.24) is 10.2 Å². The number of nitro groups is 1. The molecule has 10 nitrogen and oxygen atoms in total. The SMILES string of the molecule is CCOC(=O)NC(=O)CN(CC)C(=O)COc1cc(F)ccc1[N+](=O)[O-]. The van der Waals surface area contributed by atoms with Crippen LogP contribution in [0.5, 0.6) is 5.75 Å². The number of benzene rings is 1. The van der Waals surface area contributed by atoms with Crippen molar-refractivity contribution in [1.29, 1.82) is 0 Å². The summed E-state index contributed by atoms with van der Waals surface area (Å²) in [6.45, 7) is 2.25. The molecule has 0 aliphatic carbocycles. The first-order chi connectivity index (χ1) is 12.3. The monoisotopic (exact) mass is 371 g/mol. The third kappa shape index (κ3) is 6.34. The molecule has 0 atom stereocenters. The standard InChI is InChI=1S/C15H18FN3O7/c1-3-18(8-13(20)17-15(22)25-4-2)14(21)9-26-12-7-10(16)5-6-11(12)19(23)24/h5-7H,3-4,8-9H2,1-2H3,(H,17,20,22). The largest absolute Gasteiger partial charge is 0.477 e. The Kier molecular flexibility index (Phi) is 7.93. The van der Waals surface area contributed by atoms with E-state index >= 15 is 0 Å². The van der Waals surface area contributed by atoms with Crippen molar-refractivity contribution >= 4 is 23.6 Å².